The van der Waals surface area contributed by atoms with Crippen LogP contribution in [0.5, 0.6) is 0 Å². The van der Waals surface area contributed by atoms with Crippen LogP contribution in [0.25, 0.3) is 0 Å². The second-order valence-electron chi connectivity index (χ2n) is 4.78. The predicted molar refractivity (Wildman–Crippen MR) is 76.6 cm³/mol. The van der Waals surface area contributed by atoms with Gasteiger partial charge in [0, 0.05) is 32.6 Å². The summed E-state index contributed by atoms with van der Waals surface area (Å²) in [7, 11) is 0. The minimum absolute atomic E-state index is 0.129. The van der Waals surface area contributed by atoms with Gasteiger partial charge in [0.25, 0.3) is 0 Å². The number of nitrogens with zero attached hydrogens (tertiary/aromatic N) is 2. The molecule has 0 aliphatic carbocycles. The van der Waals surface area contributed by atoms with Gasteiger partial charge in [-0.3, -0.25) is 4.79 Å². The molecule has 4 nitrogen and oxygen atoms in total. The van der Waals surface area contributed by atoms with E-state index in [0.29, 0.717) is 31.9 Å². The van der Waals surface area contributed by atoms with Crippen molar-refractivity contribution in [2.75, 3.05) is 31.1 Å². The number of terminal acetylenes is 1. The monoisotopic (exact) mass is 275 g/mol. The number of halogens is 1. The van der Waals surface area contributed by atoms with Gasteiger partial charge in [-0.15, -0.1) is 12.3 Å². The Hall–Kier alpha value is -2.06. The molecule has 0 aromatic heterocycles. The van der Waals surface area contributed by atoms with Gasteiger partial charge in [0.15, 0.2) is 0 Å². The number of piperazine rings is 1. The van der Waals surface area contributed by atoms with Crippen molar-refractivity contribution in [3.8, 4) is 12.3 Å². The molecule has 1 saturated heterocycles. The van der Waals surface area contributed by atoms with Crippen LogP contribution < -0.4 is 10.6 Å². The van der Waals surface area contributed by atoms with Crippen LogP contribution in [0.2, 0.25) is 0 Å². The summed E-state index contributed by atoms with van der Waals surface area (Å²) in [5.74, 6) is 2.03. The number of carbonyl (C=O) groups excluding carboxylic acids is 1. The number of nitrogens with two attached hydrogens (primary N) is 1. The van der Waals surface area contributed by atoms with E-state index in [1.165, 1.54) is 6.07 Å². The molecular weight excluding hydrogens is 257 g/mol. The molecule has 1 aromatic rings. The van der Waals surface area contributed by atoms with Crippen LogP contribution in [0.4, 0.5) is 10.1 Å². The zero-order valence-electron chi connectivity index (χ0n) is 11.3. The summed E-state index contributed by atoms with van der Waals surface area (Å²) >= 11 is 0. The molecule has 2 rings (SSSR count). The number of anilines is 1. The second-order valence-corrected chi connectivity index (χ2v) is 4.78. The van der Waals surface area contributed by atoms with Crippen molar-refractivity contribution in [2.24, 2.45) is 5.73 Å². The Labute approximate surface area is 118 Å². The highest BCUT2D eigenvalue weighted by molar-refractivity contribution is 5.82. The molecule has 1 aliphatic rings. The smallest absolute Gasteiger partial charge is 0.240 e. The van der Waals surface area contributed by atoms with Gasteiger partial charge in [-0.25, -0.2) is 4.39 Å². The van der Waals surface area contributed by atoms with Crippen LogP contribution in [0.1, 0.15) is 6.42 Å². The normalized spacial score (nSPS) is 16.6. The summed E-state index contributed by atoms with van der Waals surface area (Å²) in [5, 5.41) is 0. The summed E-state index contributed by atoms with van der Waals surface area (Å²) < 4.78 is 13.7. The van der Waals surface area contributed by atoms with Crippen LogP contribution in [0, 0.1) is 18.2 Å². The number of para-hydroxylation sites is 1. The minimum atomic E-state index is -0.639. The molecule has 106 valence electrons. The zero-order valence-corrected chi connectivity index (χ0v) is 11.3. The molecule has 2 N–H and O–H groups in total. The van der Waals surface area contributed by atoms with Gasteiger partial charge in [0.1, 0.15) is 5.82 Å². The molecule has 0 radical (unpaired) electrons. The van der Waals surface area contributed by atoms with E-state index >= 15 is 0 Å². The lowest BCUT2D eigenvalue weighted by atomic mass is 10.1. The van der Waals surface area contributed by atoms with Crippen LogP contribution >= 0.6 is 0 Å². The summed E-state index contributed by atoms with van der Waals surface area (Å²) in [6.07, 6.45) is 5.40. The minimum Gasteiger partial charge on any atom is -0.366 e. The molecule has 0 spiro atoms. The highest BCUT2D eigenvalue weighted by Gasteiger charge is 2.25. The van der Waals surface area contributed by atoms with E-state index in [1.54, 1.807) is 23.1 Å². The van der Waals surface area contributed by atoms with Crippen molar-refractivity contribution in [1.29, 1.82) is 0 Å². The van der Waals surface area contributed by atoms with Crippen molar-refractivity contribution < 1.29 is 9.18 Å². The van der Waals surface area contributed by atoms with Gasteiger partial charge in [-0.05, 0) is 12.1 Å². The fraction of sp³-hybridized carbons (Fsp3) is 0.400. The van der Waals surface area contributed by atoms with E-state index in [-0.39, 0.29) is 18.1 Å². The van der Waals surface area contributed by atoms with Crippen molar-refractivity contribution >= 4 is 11.6 Å². The Bertz CT molecular complexity index is 518. The number of hydrogen-bond donors (Lipinski definition) is 1. The van der Waals surface area contributed by atoms with E-state index in [2.05, 4.69) is 5.92 Å². The number of hydrogen-bond acceptors (Lipinski definition) is 3. The van der Waals surface area contributed by atoms with Crippen LogP contribution in [0.15, 0.2) is 24.3 Å². The van der Waals surface area contributed by atoms with Gasteiger partial charge in [0.2, 0.25) is 5.91 Å². The van der Waals surface area contributed by atoms with E-state index < -0.39 is 6.04 Å². The number of rotatable bonds is 3. The van der Waals surface area contributed by atoms with Gasteiger partial charge >= 0.3 is 0 Å². The lowest BCUT2D eigenvalue weighted by Crippen LogP contribution is -2.53. The van der Waals surface area contributed by atoms with E-state index in [9.17, 15) is 9.18 Å². The third-order valence-corrected chi connectivity index (χ3v) is 3.44. The SMILES string of the molecule is C#CCC(N)C(=O)N1CCN(c2ccccc2F)CC1. The van der Waals surface area contributed by atoms with E-state index in [4.69, 9.17) is 12.2 Å². The van der Waals surface area contributed by atoms with Crippen molar-refractivity contribution in [2.45, 2.75) is 12.5 Å². The maximum atomic E-state index is 13.7. The molecule has 1 aliphatic heterocycles. The first kappa shape index (κ1) is 14.4. The third kappa shape index (κ3) is 3.09. The lowest BCUT2D eigenvalue weighted by Gasteiger charge is -2.37. The van der Waals surface area contributed by atoms with Crippen LogP contribution in [0.3, 0.4) is 0 Å². The molecule has 1 amide bonds. The maximum absolute atomic E-state index is 13.7. The molecule has 20 heavy (non-hydrogen) atoms. The Morgan fingerprint density at radius 3 is 2.60 bits per heavy atom. The quantitative estimate of drug-likeness (QED) is 0.831. The van der Waals surface area contributed by atoms with Crippen molar-refractivity contribution in [1.82, 2.24) is 4.90 Å². The molecule has 0 saturated carbocycles. The summed E-state index contributed by atoms with van der Waals surface area (Å²) in [6.45, 7) is 2.25. The highest BCUT2D eigenvalue weighted by Crippen LogP contribution is 2.20. The van der Waals surface area contributed by atoms with Crippen molar-refractivity contribution in [3.63, 3.8) is 0 Å². The van der Waals surface area contributed by atoms with E-state index in [0.717, 1.165) is 0 Å². The van der Waals surface area contributed by atoms with Gasteiger partial charge < -0.3 is 15.5 Å². The highest BCUT2D eigenvalue weighted by atomic mass is 19.1. The molecule has 1 aromatic carbocycles. The molecule has 1 atom stereocenters. The Balaban J connectivity index is 1.95. The topological polar surface area (TPSA) is 49.6 Å². The first-order valence-electron chi connectivity index (χ1n) is 6.61. The summed E-state index contributed by atoms with van der Waals surface area (Å²) in [5.41, 5.74) is 6.30. The second kappa shape index (κ2) is 6.40. The molecule has 5 heteroatoms. The molecule has 0 bridgehead atoms. The number of amides is 1. The average molecular weight is 275 g/mol. The summed E-state index contributed by atoms with van der Waals surface area (Å²) in [6, 6.07) is 6.02. The van der Waals surface area contributed by atoms with Gasteiger partial charge in [-0.1, -0.05) is 12.1 Å². The Kier molecular flexibility index (Phi) is 4.59. The summed E-state index contributed by atoms with van der Waals surface area (Å²) in [4.78, 5) is 15.6. The lowest BCUT2D eigenvalue weighted by molar-refractivity contribution is -0.132. The number of benzene rings is 1. The third-order valence-electron chi connectivity index (χ3n) is 3.44. The molecule has 1 unspecified atom stereocenters. The molecular formula is C15H18FN3O. The Morgan fingerprint density at radius 2 is 2.00 bits per heavy atom. The fourth-order valence-corrected chi connectivity index (χ4v) is 2.32. The molecule has 1 fully saturated rings. The first-order chi connectivity index (χ1) is 9.63. The first-order valence-corrected chi connectivity index (χ1v) is 6.61. The van der Waals surface area contributed by atoms with Gasteiger partial charge in [-0.2, -0.15) is 0 Å². The molecule has 1 heterocycles. The predicted octanol–water partition coefficient (Wildman–Crippen LogP) is 0.825. The maximum Gasteiger partial charge on any atom is 0.240 e. The largest absolute Gasteiger partial charge is 0.366 e. The number of carbonyl (C=O) groups is 1. The Morgan fingerprint density at radius 1 is 1.35 bits per heavy atom. The van der Waals surface area contributed by atoms with Gasteiger partial charge in [0.05, 0.1) is 11.7 Å². The van der Waals surface area contributed by atoms with Crippen LogP contribution in [-0.2, 0) is 4.79 Å². The zero-order chi connectivity index (χ0) is 14.5. The standard InChI is InChI=1S/C15H18FN3O/c1-2-5-13(17)15(20)19-10-8-18(9-11-19)14-7-4-3-6-12(14)16/h1,3-4,6-7,13H,5,8-11,17H2. The van der Waals surface area contributed by atoms with Crippen molar-refractivity contribution in [3.05, 3.63) is 30.1 Å². The average Bonchev–Trinajstić information content (AvgIpc) is 2.47. The van der Waals surface area contributed by atoms with Crippen LogP contribution in [-0.4, -0.2) is 43.0 Å². The van der Waals surface area contributed by atoms with E-state index in [1.807, 2.05) is 4.90 Å². The fourth-order valence-electron chi connectivity index (χ4n) is 2.32.